The number of pyridine rings is 1. The van der Waals surface area contributed by atoms with Gasteiger partial charge in [-0.1, -0.05) is 60.1 Å². The first kappa shape index (κ1) is 17.1. The number of ether oxygens (including phenoxy) is 1. The summed E-state index contributed by atoms with van der Waals surface area (Å²) >= 11 is 6.07. The summed E-state index contributed by atoms with van der Waals surface area (Å²) < 4.78 is 5.45. The molecule has 0 aliphatic heterocycles. The van der Waals surface area contributed by atoms with E-state index in [9.17, 15) is 9.90 Å². The number of aliphatic hydroxyl groups is 1. The zero-order valence-electron chi connectivity index (χ0n) is 13.2. The lowest BCUT2D eigenvalue weighted by Gasteiger charge is -2.22. The zero-order chi connectivity index (χ0) is 17.6. The van der Waals surface area contributed by atoms with Gasteiger partial charge in [0.05, 0.1) is 11.1 Å². The number of halogens is 1. The van der Waals surface area contributed by atoms with Crippen molar-refractivity contribution >= 4 is 17.6 Å². The third-order valence-corrected chi connectivity index (χ3v) is 4.11. The summed E-state index contributed by atoms with van der Waals surface area (Å²) in [5.41, 5.74) is 1.18. The van der Waals surface area contributed by atoms with Gasteiger partial charge in [-0.3, -0.25) is 9.78 Å². The molecule has 1 heterocycles. The Kier molecular flexibility index (Phi) is 5.43. The molecule has 5 heteroatoms. The molecule has 1 N–H and O–H groups in total. The van der Waals surface area contributed by atoms with Crippen molar-refractivity contribution in [1.82, 2.24) is 4.98 Å². The van der Waals surface area contributed by atoms with Gasteiger partial charge in [0, 0.05) is 18.0 Å². The number of aliphatic hydroxyl groups excluding tert-OH is 1. The maximum Gasteiger partial charge on any atom is 0.321 e. The molecule has 0 bridgehead atoms. The maximum atomic E-state index is 12.8. The predicted molar refractivity (Wildman–Crippen MR) is 95.5 cm³/mol. The van der Waals surface area contributed by atoms with Crippen LogP contribution in [-0.4, -0.2) is 16.1 Å². The number of carbonyl (C=O) groups excluding carboxylic acids is 1. The van der Waals surface area contributed by atoms with Crippen LogP contribution in [0.1, 0.15) is 23.1 Å². The molecule has 126 valence electrons. The Bertz CT molecular complexity index is 840. The predicted octanol–water partition coefficient (Wildman–Crippen LogP) is 4.16. The van der Waals surface area contributed by atoms with E-state index < -0.39 is 18.0 Å². The fourth-order valence-electron chi connectivity index (χ4n) is 2.55. The largest absolute Gasteiger partial charge is 0.424 e. The van der Waals surface area contributed by atoms with E-state index in [1.54, 1.807) is 66.9 Å². The highest BCUT2D eigenvalue weighted by Crippen LogP contribution is 2.33. The van der Waals surface area contributed by atoms with E-state index in [4.69, 9.17) is 16.3 Å². The lowest BCUT2D eigenvalue weighted by molar-refractivity contribution is -0.139. The summed E-state index contributed by atoms with van der Waals surface area (Å²) in [6, 6.07) is 19.2. The number of hydrogen-bond donors (Lipinski definition) is 1. The van der Waals surface area contributed by atoms with Crippen LogP contribution in [0.3, 0.4) is 0 Å². The second-order valence-electron chi connectivity index (χ2n) is 5.47. The van der Waals surface area contributed by atoms with Gasteiger partial charge in [0.2, 0.25) is 0 Å². The third kappa shape index (κ3) is 4.05. The van der Waals surface area contributed by atoms with Crippen LogP contribution in [0, 0.1) is 0 Å². The number of benzene rings is 2. The number of rotatable bonds is 5. The van der Waals surface area contributed by atoms with Gasteiger partial charge >= 0.3 is 5.97 Å². The molecule has 0 saturated heterocycles. The van der Waals surface area contributed by atoms with Gasteiger partial charge in [-0.2, -0.15) is 0 Å². The van der Waals surface area contributed by atoms with Crippen LogP contribution < -0.4 is 4.74 Å². The van der Waals surface area contributed by atoms with Gasteiger partial charge in [-0.15, -0.1) is 0 Å². The van der Waals surface area contributed by atoms with Crippen molar-refractivity contribution in [2.24, 2.45) is 0 Å². The van der Waals surface area contributed by atoms with Crippen molar-refractivity contribution in [3.8, 4) is 5.75 Å². The lowest BCUT2D eigenvalue weighted by atomic mass is 9.90. The molecule has 1 aromatic heterocycles. The molecule has 3 aromatic rings. The normalized spacial score (nSPS) is 13.0. The van der Waals surface area contributed by atoms with Crippen molar-refractivity contribution in [3.63, 3.8) is 0 Å². The lowest BCUT2D eigenvalue weighted by Crippen LogP contribution is -2.25. The van der Waals surface area contributed by atoms with E-state index in [-0.39, 0.29) is 5.75 Å². The SMILES string of the molecule is O=C(Oc1ccccc1Cl)C(c1ccccc1)C(O)c1cccnc1. The zero-order valence-corrected chi connectivity index (χ0v) is 14.0. The topological polar surface area (TPSA) is 59.4 Å². The molecule has 0 spiro atoms. The summed E-state index contributed by atoms with van der Waals surface area (Å²) in [7, 11) is 0. The van der Waals surface area contributed by atoms with Crippen molar-refractivity contribution in [1.29, 1.82) is 0 Å². The van der Waals surface area contributed by atoms with Crippen LogP contribution in [0.4, 0.5) is 0 Å². The molecule has 0 aliphatic rings. The van der Waals surface area contributed by atoms with Gasteiger partial charge < -0.3 is 9.84 Å². The molecule has 25 heavy (non-hydrogen) atoms. The van der Waals surface area contributed by atoms with Crippen molar-refractivity contribution in [2.75, 3.05) is 0 Å². The van der Waals surface area contributed by atoms with E-state index in [1.807, 2.05) is 6.07 Å². The molecule has 0 radical (unpaired) electrons. The molecule has 0 saturated carbocycles. The van der Waals surface area contributed by atoms with Crippen LogP contribution in [0.15, 0.2) is 79.1 Å². The number of esters is 1. The van der Waals surface area contributed by atoms with Crippen molar-refractivity contribution in [2.45, 2.75) is 12.0 Å². The van der Waals surface area contributed by atoms with E-state index in [0.717, 1.165) is 0 Å². The average molecular weight is 354 g/mol. The Labute approximate surface area is 150 Å². The third-order valence-electron chi connectivity index (χ3n) is 3.80. The summed E-state index contributed by atoms with van der Waals surface area (Å²) in [5.74, 6) is -1.23. The molecular formula is C20H16ClNO3. The van der Waals surface area contributed by atoms with Crippen LogP contribution in [0.2, 0.25) is 5.02 Å². The van der Waals surface area contributed by atoms with E-state index in [2.05, 4.69) is 4.98 Å². The summed E-state index contributed by atoms with van der Waals surface area (Å²) in [4.78, 5) is 16.8. The smallest absolute Gasteiger partial charge is 0.321 e. The Morgan fingerprint density at radius 1 is 0.960 bits per heavy atom. The number of nitrogens with zero attached hydrogens (tertiary/aromatic N) is 1. The van der Waals surface area contributed by atoms with Gasteiger partial charge in [0.25, 0.3) is 0 Å². The Morgan fingerprint density at radius 3 is 2.32 bits per heavy atom. The first-order chi connectivity index (χ1) is 12.2. The summed E-state index contributed by atoms with van der Waals surface area (Å²) in [5, 5.41) is 11.1. The second-order valence-corrected chi connectivity index (χ2v) is 5.88. The van der Waals surface area contributed by atoms with Crippen LogP contribution in [0.5, 0.6) is 5.75 Å². The molecule has 0 fully saturated rings. The fourth-order valence-corrected chi connectivity index (χ4v) is 2.72. The Hall–Kier alpha value is -2.69. The maximum absolute atomic E-state index is 12.8. The van der Waals surface area contributed by atoms with E-state index in [0.29, 0.717) is 16.1 Å². The van der Waals surface area contributed by atoms with E-state index in [1.165, 1.54) is 6.20 Å². The number of carbonyl (C=O) groups is 1. The quantitative estimate of drug-likeness (QED) is 0.552. The van der Waals surface area contributed by atoms with Gasteiger partial charge in [0.15, 0.2) is 0 Å². The van der Waals surface area contributed by atoms with Gasteiger partial charge in [0.1, 0.15) is 11.7 Å². The Morgan fingerprint density at radius 2 is 1.64 bits per heavy atom. The number of aromatic nitrogens is 1. The highest BCUT2D eigenvalue weighted by Gasteiger charge is 2.32. The first-order valence-corrected chi connectivity index (χ1v) is 8.14. The minimum atomic E-state index is -1.09. The molecule has 2 atom stereocenters. The molecule has 3 rings (SSSR count). The molecule has 2 unspecified atom stereocenters. The molecular weight excluding hydrogens is 338 g/mol. The Balaban J connectivity index is 1.94. The van der Waals surface area contributed by atoms with E-state index >= 15 is 0 Å². The summed E-state index contributed by atoms with van der Waals surface area (Å²) in [6.07, 6.45) is 2.05. The minimum Gasteiger partial charge on any atom is -0.424 e. The van der Waals surface area contributed by atoms with Crippen molar-refractivity contribution < 1.29 is 14.6 Å². The standard InChI is InChI=1S/C20H16ClNO3/c21-16-10-4-5-11-17(16)25-20(24)18(14-7-2-1-3-8-14)19(23)15-9-6-12-22-13-15/h1-13,18-19,23H. The number of hydrogen-bond acceptors (Lipinski definition) is 4. The van der Waals surface area contributed by atoms with Crippen LogP contribution in [0.25, 0.3) is 0 Å². The van der Waals surface area contributed by atoms with Gasteiger partial charge in [-0.05, 0) is 23.8 Å². The molecule has 2 aromatic carbocycles. The van der Waals surface area contributed by atoms with Crippen molar-refractivity contribution in [3.05, 3.63) is 95.3 Å². The molecule has 0 amide bonds. The fraction of sp³-hybridized carbons (Fsp3) is 0.100. The van der Waals surface area contributed by atoms with Crippen LogP contribution in [-0.2, 0) is 4.79 Å². The average Bonchev–Trinajstić information content (AvgIpc) is 2.65. The monoisotopic (exact) mass is 353 g/mol. The molecule has 4 nitrogen and oxygen atoms in total. The highest BCUT2D eigenvalue weighted by atomic mass is 35.5. The first-order valence-electron chi connectivity index (χ1n) is 7.76. The summed E-state index contributed by atoms with van der Waals surface area (Å²) in [6.45, 7) is 0. The minimum absolute atomic E-state index is 0.258. The van der Waals surface area contributed by atoms with Crippen LogP contribution >= 0.6 is 11.6 Å². The van der Waals surface area contributed by atoms with Gasteiger partial charge in [-0.25, -0.2) is 0 Å². The highest BCUT2D eigenvalue weighted by molar-refractivity contribution is 6.32. The second kappa shape index (κ2) is 7.92. The molecule has 0 aliphatic carbocycles. The number of para-hydroxylation sites is 1.